The second kappa shape index (κ2) is 7.20. The van der Waals surface area contributed by atoms with Crippen LogP contribution in [0.3, 0.4) is 0 Å². The number of rotatable bonds is 2. The molecule has 1 amide bonds. The monoisotopic (exact) mass is 346 g/mol. The molecule has 0 radical (unpaired) electrons. The number of hydrogen-bond acceptors (Lipinski definition) is 5. The van der Waals surface area contributed by atoms with Crippen molar-refractivity contribution in [2.24, 2.45) is 0 Å². The number of piperazine rings is 1. The Bertz CT molecular complexity index is 606. The summed E-state index contributed by atoms with van der Waals surface area (Å²) in [7, 11) is 2.19. The van der Waals surface area contributed by atoms with Gasteiger partial charge in [0.25, 0.3) is 0 Å². The van der Waals surface area contributed by atoms with Gasteiger partial charge in [-0.3, -0.25) is 4.90 Å². The van der Waals surface area contributed by atoms with Gasteiger partial charge in [0.1, 0.15) is 11.4 Å². The van der Waals surface area contributed by atoms with Crippen molar-refractivity contribution in [3.8, 4) is 0 Å². The Balaban J connectivity index is 1.67. The van der Waals surface area contributed by atoms with E-state index >= 15 is 0 Å². The van der Waals surface area contributed by atoms with Crippen molar-refractivity contribution in [2.75, 3.05) is 44.7 Å². The minimum Gasteiger partial charge on any atom is -0.444 e. The molecule has 0 unspecified atom stereocenters. The van der Waals surface area contributed by atoms with E-state index in [1.165, 1.54) is 18.4 Å². The Labute approximate surface area is 150 Å². The smallest absolute Gasteiger partial charge is 0.410 e. The highest BCUT2D eigenvalue weighted by Gasteiger charge is 2.30. The van der Waals surface area contributed by atoms with E-state index in [1.54, 1.807) is 4.90 Å². The predicted octanol–water partition coefficient (Wildman–Crippen LogP) is 2.91. The normalized spacial score (nSPS) is 22.3. The van der Waals surface area contributed by atoms with Crippen LogP contribution in [-0.2, 0) is 4.74 Å². The van der Waals surface area contributed by atoms with Crippen LogP contribution in [0.1, 0.15) is 45.2 Å². The number of aromatic nitrogens is 1. The van der Waals surface area contributed by atoms with Crippen molar-refractivity contribution in [3.63, 3.8) is 0 Å². The summed E-state index contributed by atoms with van der Waals surface area (Å²) in [6.07, 6.45) is 4.08. The van der Waals surface area contributed by atoms with Gasteiger partial charge in [0.2, 0.25) is 0 Å². The highest BCUT2D eigenvalue weighted by Crippen LogP contribution is 2.35. The summed E-state index contributed by atoms with van der Waals surface area (Å²) in [5.41, 5.74) is 0.864. The van der Waals surface area contributed by atoms with Crippen molar-refractivity contribution in [3.05, 3.63) is 23.9 Å². The fraction of sp³-hybridized carbons (Fsp3) is 0.684. The third kappa shape index (κ3) is 4.24. The lowest BCUT2D eigenvalue weighted by molar-refractivity contribution is 0.0240. The van der Waals surface area contributed by atoms with Crippen LogP contribution in [0.5, 0.6) is 0 Å². The third-order valence-electron chi connectivity index (χ3n) is 4.93. The Morgan fingerprint density at radius 2 is 1.92 bits per heavy atom. The molecule has 0 aliphatic carbocycles. The molecule has 1 aromatic rings. The van der Waals surface area contributed by atoms with Crippen molar-refractivity contribution in [1.82, 2.24) is 14.8 Å². The average molecular weight is 346 g/mol. The van der Waals surface area contributed by atoms with Gasteiger partial charge in [0.15, 0.2) is 0 Å². The van der Waals surface area contributed by atoms with Crippen LogP contribution >= 0.6 is 0 Å². The molecule has 2 aliphatic rings. The van der Waals surface area contributed by atoms with Crippen LogP contribution < -0.4 is 4.90 Å². The maximum atomic E-state index is 12.2. The van der Waals surface area contributed by atoms with Crippen molar-refractivity contribution in [2.45, 2.75) is 45.3 Å². The molecular formula is C19H30N4O2. The standard InChI is InChI=1S/C19H30N4O2/c1-19(2,3)25-18(24)23-13-11-22(12-14-23)17-15(7-5-9-20-17)16-8-6-10-21(16)4/h5,7,9,16H,6,8,10-14H2,1-4H3/t16-/m0/s1. The summed E-state index contributed by atoms with van der Waals surface area (Å²) in [6, 6.07) is 4.68. The first-order valence-electron chi connectivity index (χ1n) is 9.23. The predicted molar refractivity (Wildman–Crippen MR) is 98.9 cm³/mol. The summed E-state index contributed by atoms with van der Waals surface area (Å²) in [4.78, 5) is 23.4. The van der Waals surface area contributed by atoms with Crippen LogP contribution in [0.25, 0.3) is 0 Å². The van der Waals surface area contributed by atoms with Gasteiger partial charge in [-0.15, -0.1) is 0 Å². The first-order chi connectivity index (χ1) is 11.8. The van der Waals surface area contributed by atoms with Gasteiger partial charge in [0.05, 0.1) is 0 Å². The number of amides is 1. The lowest BCUT2D eigenvalue weighted by atomic mass is 10.0. The van der Waals surface area contributed by atoms with Crippen LogP contribution in [0.4, 0.5) is 10.6 Å². The zero-order valence-corrected chi connectivity index (χ0v) is 15.9. The van der Waals surface area contributed by atoms with Gasteiger partial charge >= 0.3 is 6.09 Å². The summed E-state index contributed by atoms with van der Waals surface area (Å²) in [5, 5.41) is 0. The summed E-state index contributed by atoms with van der Waals surface area (Å²) in [5.74, 6) is 1.07. The van der Waals surface area contributed by atoms with Crippen LogP contribution in [-0.4, -0.2) is 66.2 Å². The van der Waals surface area contributed by atoms with Gasteiger partial charge in [0, 0.05) is 44.0 Å². The third-order valence-corrected chi connectivity index (χ3v) is 4.93. The van der Waals surface area contributed by atoms with E-state index < -0.39 is 5.60 Å². The van der Waals surface area contributed by atoms with E-state index in [2.05, 4.69) is 27.9 Å². The first kappa shape index (κ1) is 18.0. The molecule has 138 valence electrons. The molecule has 6 heteroatoms. The highest BCUT2D eigenvalue weighted by molar-refractivity contribution is 5.68. The maximum absolute atomic E-state index is 12.2. The Morgan fingerprint density at radius 1 is 1.20 bits per heavy atom. The topological polar surface area (TPSA) is 48.9 Å². The maximum Gasteiger partial charge on any atom is 0.410 e. The van der Waals surface area contributed by atoms with E-state index in [0.29, 0.717) is 19.1 Å². The number of anilines is 1. The van der Waals surface area contributed by atoms with Gasteiger partial charge in [-0.25, -0.2) is 9.78 Å². The fourth-order valence-corrected chi connectivity index (χ4v) is 3.66. The second-order valence-electron chi connectivity index (χ2n) is 8.01. The number of ether oxygens (including phenoxy) is 1. The van der Waals surface area contributed by atoms with E-state index in [1.807, 2.05) is 33.0 Å². The van der Waals surface area contributed by atoms with Crippen molar-refractivity contribution < 1.29 is 9.53 Å². The molecule has 0 spiro atoms. The molecule has 0 aromatic carbocycles. The van der Waals surface area contributed by atoms with Crippen molar-refractivity contribution in [1.29, 1.82) is 0 Å². The molecule has 1 aromatic heterocycles. The average Bonchev–Trinajstić information content (AvgIpc) is 2.99. The number of carbonyl (C=O) groups is 1. The SMILES string of the molecule is CN1CCC[C@H]1c1cccnc1N1CCN(C(=O)OC(C)(C)C)CC1. The van der Waals surface area contributed by atoms with Crippen LogP contribution in [0, 0.1) is 0 Å². The quantitative estimate of drug-likeness (QED) is 0.824. The van der Waals surface area contributed by atoms with Gasteiger partial charge in [-0.2, -0.15) is 0 Å². The molecule has 1 atom stereocenters. The lowest BCUT2D eigenvalue weighted by Gasteiger charge is -2.37. The zero-order valence-electron chi connectivity index (χ0n) is 15.9. The van der Waals surface area contributed by atoms with Gasteiger partial charge in [-0.05, 0) is 53.3 Å². The first-order valence-corrected chi connectivity index (χ1v) is 9.23. The molecule has 0 saturated carbocycles. The Kier molecular flexibility index (Phi) is 5.18. The number of hydrogen-bond donors (Lipinski definition) is 0. The van der Waals surface area contributed by atoms with Gasteiger partial charge < -0.3 is 14.5 Å². The molecule has 2 aliphatic heterocycles. The Hall–Kier alpha value is -1.82. The van der Waals surface area contributed by atoms with E-state index in [9.17, 15) is 4.79 Å². The molecule has 0 bridgehead atoms. The molecule has 2 fully saturated rings. The summed E-state index contributed by atoms with van der Waals surface area (Å²) in [6.45, 7) is 9.78. The molecule has 3 heterocycles. The van der Waals surface area contributed by atoms with Crippen LogP contribution in [0.15, 0.2) is 18.3 Å². The number of nitrogens with zero attached hydrogens (tertiary/aromatic N) is 4. The summed E-state index contributed by atoms with van der Waals surface area (Å²) >= 11 is 0. The molecule has 0 N–H and O–H groups in total. The molecule has 2 saturated heterocycles. The lowest BCUT2D eigenvalue weighted by Crippen LogP contribution is -2.50. The molecule has 25 heavy (non-hydrogen) atoms. The second-order valence-corrected chi connectivity index (χ2v) is 8.01. The number of likely N-dealkylation sites (tertiary alicyclic amines) is 1. The number of carbonyl (C=O) groups excluding carboxylic acids is 1. The van der Waals surface area contributed by atoms with E-state index in [-0.39, 0.29) is 6.09 Å². The minimum atomic E-state index is -0.449. The van der Waals surface area contributed by atoms with Crippen LogP contribution in [0.2, 0.25) is 0 Å². The molecule has 3 rings (SSSR count). The highest BCUT2D eigenvalue weighted by atomic mass is 16.6. The number of pyridine rings is 1. The minimum absolute atomic E-state index is 0.219. The van der Waals surface area contributed by atoms with Gasteiger partial charge in [-0.1, -0.05) is 6.07 Å². The zero-order chi connectivity index (χ0) is 18.0. The van der Waals surface area contributed by atoms with E-state index in [0.717, 1.165) is 25.5 Å². The van der Waals surface area contributed by atoms with E-state index in [4.69, 9.17) is 4.74 Å². The Morgan fingerprint density at radius 3 is 2.52 bits per heavy atom. The largest absolute Gasteiger partial charge is 0.444 e. The molecular weight excluding hydrogens is 316 g/mol. The van der Waals surface area contributed by atoms with Crippen molar-refractivity contribution >= 4 is 11.9 Å². The molecule has 6 nitrogen and oxygen atoms in total. The summed E-state index contributed by atoms with van der Waals surface area (Å²) < 4.78 is 5.48. The fourth-order valence-electron chi connectivity index (χ4n) is 3.66.